The van der Waals surface area contributed by atoms with Crippen LogP contribution in [0.2, 0.25) is 0 Å². The van der Waals surface area contributed by atoms with Gasteiger partial charge in [-0.2, -0.15) is 13.2 Å². The molecule has 1 heterocycles. The van der Waals surface area contributed by atoms with Crippen LogP contribution >= 0.6 is 0 Å². The summed E-state index contributed by atoms with van der Waals surface area (Å²) < 4.78 is 43.5. The molecule has 54 heavy (non-hydrogen) atoms. The highest BCUT2D eigenvalue weighted by atomic mass is 19.4. The van der Waals surface area contributed by atoms with E-state index in [4.69, 9.17) is 11.1 Å². The van der Waals surface area contributed by atoms with Crippen LogP contribution in [-0.2, 0) is 30.5 Å². The van der Waals surface area contributed by atoms with E-state index in [0.29, 0.717) is 11.1 Å². The zero-order valence-electron chi connectivity index (χ0n) is 28.4. The zero-order valence-corrected chi connectivity index (χ0v) is 28.4. The lowest BCUT2D eigenvalue weighted by Crippen LogP contribution is -2.45. The normalized spacial score (nSPS) is 14.5. The predicted molar refractivity (Wildman–Crippen MR) is 190 cm³/mol. The van der Waals surface area contributed by atoms with E-state index in [2.05, 4.69) is 27.2 Å². The Morgan fingerprint density at radius 2 is 1.48 bits per heavy atom. The molecule has 5 rings (SSSR count). The van der Waals surface area contributed by atoms with Crippen molar-refractivity contribution in [1.82, 2.24) is 15.5 Å². The molecule has 4 aromatic rings. The lowest BCUT2D eigenvalue weighted by atomic mass is 9.95. The van der Waals surface area contributed by atoms with Gasteiger partial charge in [-0.05, 0) is 34.9 Å². The third-order valence-electron chi connectivity index (χ3n) is 8.19. The summed E-state index contributed by atoms with van der Waals surface area (Å²) >= 11 is 0. The van der Waals surface area contributed by atoms with Crippen LogP contribution in [0.25, 0.3) is 0 Å². The van der Waals surface area contributed by atoms with Crippen molar-refractivity contribution in [3.8, 4) is 11.8 Å². The number of esters is 2. The molecule has 0 fully saturated rings. The van der Waals surface area contributed by atoms with Gasteiger partial charge >= 0.3 is 18.1 Å². The number of halogens is 3. The molecule has 276 valence electrons. The number of alkyl halides is 3. The van der Waals surface area contributed by atoms with Gasteiger partial charge < -0.3 is 30.9 Å². The van der Waals surface area contributed by atoms with Crippen LogP contribution in [0, 0.1) is 17.3 Å². The minimum Gasteiger partial charge on any atom is -0.386 e. The van der Waals surface area contributed by atoms with Crippen molar-refractivity contribution < 1.29 is 41.9 Å². The number of amides is 3. The highest BCUT2D eigenvalue weighted by Crippen LogP contribution is 2.42. The van der Waals surface area contributed by atoms with E-state index < -0.39 is 54.3 Å². The predicted octanol–water partition coefficient (Wildman–Crippen LogP) is 4.13. The molecule has 0 saturated carbocycles. The number of hydrogen-bond acceptors (Lipinski definition) is 7. The third kappa shape index (κ3) is 9.48. The SMILES string of the molecule is N=C(N)NCCNC(=O)C#Cc1ccc2c(c1)C(=O)N(C(CC(=O)OC(=O)C(F)(F)F)c1ccccc1)C(c1ccccc1)C(=O)N2Cc1ccccc1. The Kier molecular flexibility index (Phi) is 12.1. The average Bonchev–Trinajstić information content (AvgIpc) is 3.24. The van der Waals surface area contributed by atoms with Crippen molar-refractivity contribution >= 4 is 41.3 Å². The Hall–Kier alpha value is -6.95. The molecule has 0 bridgehead atoms. The number of benzene rings is 4. The molecule has 0 aliphatic carbocycles. The van der Waals surface area contributed by atoms with Crippen LogP contribution in [0.5, 0.6) is 0 Å². The third-order valence-corrected chi connectivity index (χ3v) is 8.19. The van der Waals surface area contributed by atoms with Gasteiger partial charge in [-0.3, -0.25) is 24.6 Å². The fourth-order valence-corrected chi connectivity index (χ4v) is 5.81. The van der Waals surface area contributed by atoms with E-state index in [-0.39, 0.29) is 48.0 Å². The van der Waals surface area contributed by atoms with Crippen molar-refractivity contribution in [2.24, 2.45) is 5.73 Å². The summed E-state index contributed by atoms with van der Waals surface area (Å²) in [5.74, 6) is -1.49. The number of nitrogens with one attached hydrogen (secondary N) is 3. The van der Waals surface area contributed by atoms with Gasteiger partial charge in [-0.1, -0.05) is 96.9 Å². The van der Waals surface area contributed by atoms with Gasteiger partial charge in [-0.15, -0.1) is 0 Å². The highest BCUT2D eigenvalue weighted by Gasteiger charge is 2.46. The topological polar surface area (TPSA) is 175 Å². The summed E-state index contributed by atoms with van der Waals surface area (Å²) in [6, 6.07) is 26.6. The van der Waals surface area contributed by atoms with E-state index in [1.54, 1.807) is 78.9 Å². The molecule has 0 aromatic heterocycles. The number of ether oxygens (including phenoxy) is 1. The van der Waals surface area contributed by atoms with Gasteiger partial charge in [0.05, 0.1) is 30.3 Å². The number of fused-ring (bicyclic) bond motifs is 1. The van der Waals surface area contributed by atoms with Crippen LogP contribution in [0.4, 0.5) is 18.9 Å². The lowest BCUT2D eigenvalue weighted by Gasteiger charge is -2.37. The summed E-state index contributed by atoms with van der Waals surface area (Å²) in [6.07, 6.45) is -6.39. The Bertz CT molecular complexity index is 2100. The van der Waals surface area contributed by atoms with Crippen molar-refractivity contribution in [3.63, 3.8) is 0 Å². The molecule has 3 amide bonds. The summed E-state index contributed by atoms with van der Waals surface area (Å²) in [5.41, 5.74) is 6.86. The lowest BCUT2D eigenvalue weighted by molar-refractivity contribution is -0.202. The molecule has 4 aromatic carbocycles. The van der Waals surface area contributed by atoms with Crippen LogP contribution in [-0.4, -0.2) is 59.8 Å². The number of rotatable bonds is 10. The molecule has 5 N–H and O–H groups in total. The van der Waals surface area contributed by atoms with Gasteiger partial charge in [0.25, 0.3) is 17.7 Å². The Morgan fingerprint density at radius 3 is 2.11 bits per heavy atom. The highest BCUT2D eigenvalue weighted by molar-refractivity contribution is 6.11. The maximum atomic E-state index is 15.0. The number of nitrogens with zero attached hydrogens (tertiary/aromatic N) is 2. The number of guanidine groups is 1. The van der Waals surface area contributed by atoms with Gasteiger partial charge in [0.2, 0.25) is 0 Å². The van der Waals surface area contributed by atoms with Crippen molar-refractivity contribution in [3.05, 3.63) is 137 Å². The molecule has 0 saturated heterocycles. The minimum absolute atomic E-state index is 0.00299. The maximum Gasteiger partial charge on any atom is 0.491 e. The second-order valence-corrected chi connectivity index (χ2v) is 11.9. The van der Waals surface area contributed by atoms with E-state index in [0.717, 1.165) is 4.90 Å². The molecule has 0 spiro atoms. The molecule has 0 radical (unpaired) electrons. The summed E-state index contributed by atoms with van der Waals surface area (Å²) in [5, 5.41) is 12.3. The molecule has 12 nitrogen and oxygen atoms in total. The maximum absolute atomic E-state index is 15.0. The van der Waals surface area contributed by atoms with Crippen molar-refractivity contribution in [2.75, 3.05) is 18.0 Å². The Morgan fingerprint density at radius 1 is 0.870 bits per heavy atom. The molecular weight excluding hydrogens is 705 g/mol. The number of carbonyl (C=O) groups excluding carboxylic acids is 5. The van der Waals surface area contributed by atoms with E-state index >= 15 is 4.79 Å². The zero-order chi connectivity index (χ0) is 38.8. The molecule has 1 aliphatic rings. The first-order chi connectivity index (χ1) is 25.8. The van der Waals surface area contributed by atoms with Gasteiger partial charge in [0, 0.05) is 24.6 Å². The number of carbonyl (C=O) groups is 5. The van der Waals surface area contributed by atoms with Crippen LogP contribution in [0.1, 0.15) is 51.1 Å². The molecular formula is C39H33F3N6O6. The number of hydrogen-bond donors (Lipinski definition) is 4. The fraction of sp³-hybridized carbons (Fsp3) is 0.179. The van der Waals surface area contributed by atoms with Gasteiger partial charge in [-0.25, -0.2) is 4.79 Å². The molecule has 2 atom stereocenters. The summed E-state index contributed by atoms with van der Waals surface area (Å²) in [7, 11) is 0. The van der Waals surface area contributed by atoms with Gasteiger partial charge in [0.15, 0.2) is 5.96 Å². The molecule has 2 unspecified atom stereocenters. The van der Waals surface area contributed by atoms with Crippen LogP contribution in [0.3, 0.4) is 0 Å². The fourth-order valence-electron chi connectivity index (χ4n) is 5.81. The molecule has 15 heteroatoms. The Balaban J connectivity index is 1.66. The number of nitrogens with two attached hydrogens (primary N) is 1. The number of anilines is 1. The second-order valence-electron chi connectivity index (χ2n) is 11.9. The first kappa shape index (κ1) is 38.3. The first-order valence-electron chi connectivity index (χ1n) is 16.4. The minimum atomic E-state index is -5.46. The largest absolute Gasteiger partial charge is 0.491 e. The van der Waals surface area contributed by atoms with Crippen LogP contribution in [0.15, 0.2) is 109 Å². The summed E-state index contributed by atoms with van der Waals surface area (Å²) in [6.45, 7) is 0.289. The smallest absolute Gasteiger partial charge is 0.386 e. The Labute approximate surface area is 307 Å². The second kappa shape index (κ2) is 17.0. The van der Waals surface area contributed by atoms with E-state index in [9.17, 15) is 32.3 Å². The van der Waals surface area contributed by atoms with E-state index in [1.807, 2.05) is 0 Å². The molecule has 1 aliphatic heterocycles. The van der Waals surface area contributed by atoms with E-state index in [1.165, 1.54) is 35.2 Å². The van der Waals surface area contributed by atoms with Gasteiger partial charge in [0.1, 0.15) is 6.04 Å². The van der Waals surface area contributed by atoms with Crippen molar-refractivity contribution in [1.29, 1.82) is 5.41 Å². The quantitative estimate of drug-likeness (QED) is 0.0469. The monoisotopic (exact) mass is 738 g/mol. The standard InChI is InChI=1S/C39H33F3N6O6/c40-39(41,42)37(53)54-33(50)23-31(27-12-6-2-7-13-27)48-34(28-14-8-3-9-15-28)36(52)47(24-26-10-4-1-5-11-26)30-18-16-25(22-29(30)35(48)51)17-19-32(49)45-20-21-46-38(43)44/h1-16,18,22,31,34H,20-21,23-24H2,(H,45,49)(H4,43,44,46). The van der Waals surface area contributed by atoms with Crippen LogP contribution < -0.4 is 21.3 Å². The summed E-state index contributed by atoms with van der Waals surface area (Å²) in [4.78, 5) is 69.7. The first-order valence-corrected chi connectivity index (χ1v) is 16.4. The average molecular weight is 739 g/mol. The van der Waals surface area contributed by atoms with Crippen molar-refractivity contribution in [2.45, 2.75) is 31.2 Å².